The molecule has 0 N–H and O–H groups in total. The molecule has 0 saturated heterocycles. The third-order valence-corrected chi connectivity index (χ3v) is 4.50. The first-order valence-corrected chi connectivity index (χ1v) is 8.21. The Kier molecular flexibility index (Phi) is 4.87. The molecule has 0 aromatic heterocycles. The predicted molar refractivity (Wildman–Crippen MR) is 93.2 cm³/mol. The summed E-state index contributed by atoms with van der Waals surface area (Å²) in [4.78, 5) is 2.25. The van der Waals surface area contributed by atoms with E-state index in [-0.39, 0.29) is 6.10 Å². The van der Waals surface area contributed by atoms with E-state index >= 15 is 0 Å². The van der Waals surface area contributed by atoms with Crippen molar-refractivity contribution >= 4 is 0 Å². The Labute approximate surface area is 138 Å². The maximum atomic E-state index is 6.47. The van der Waals surface area contributed by atoms with Crippen LogP contribution in [0.15, 0.2) is 48.5 Å². The fraction of sp³-hybridized carbons (Fsp3) is 0.400. The molecule has 2 atom stereocenters. The summed E-state index contributed by atoms with van der Waals surface area (Å²) in [6.45, 7) is 1.02. The number of hydrogen-bond acceptors (Lipinski definition) is 3. The summed E-state index contributed by atoms with van der Waals surface area (Å²) in [5, 5.41) is 0. The molecule has 3 rings (SSSR count). The quantitative estimate of drug-likeness (QED) is 0.835. The molecule has 23 heavy (non-hydrogen) atoms. The molecule has 0 radical (unpaired) electrons. The van der Waals surface area contributed by atoms with Gasteiger partial charge in [-0.25, -0.2) is 0 Å². The Morgan fingerprint density at radius 1 is 1.00 bits per heavy atom. The molecule has 0 aliphatic heterocycles. The number of benzene rings is 2. The fourth-order valence-electron chi connectivity index (χ4n) is 3.45. The van der Waals surface area contributed by atoms with Crippen LogP contribution in [0.25, 0.3) is 0 Å². The minimum Gasteiger partial charge on any atom is -0.493 e. The van der Waals surface area contributed by atoms with Crippen molar-refractivity contribution in [2.45, 2.75) is 18.9 Å². The van der Waals surface area contributed by atoms with Crippen molar-refractivity contribution in [2.75, 3.05) is 27.7 Å². The van der Waals surface area contributed by atoms with Crippen LogP contribution < -0.4 is 9.47 Å². The second kappa shape index (κ2) is 7.05. The van der Waals surface area contributed by atoms with Crippen molar-refractivity contribution in [2.24, 2.45) is 5.92 Å². The molecule has 3 nitrogen and oxygen atoms in total. The van der Waals surface area contributed by atoms with Crippen LogP contribution in [0, 0.1) is 5.92 Å². The Hall–Kier alpha value is -2.00. The zero-order valence-corrected chi connectivity index (χ0v) is 14.2. The van der Waals surface area contributed by atoms with E-state index in [0.29, 0.717) is 5.92 Å². The first-order chi connectivity index (χ1) is 11.2. The second-order valence-electron chi connectivity index (χ2n) is 6.45. The lowest BCUT2D eigenvalue weighted by Crippen LogP contribution is -2.33. The normalized spacial score (nSPS) is 20.2. The Balaban J connectivity index is 1.94. The van der Waals surface area contributed by atoms with E-state index in [1.807, 2.05) is 24.3 Å². The van der Waals surface area contributed by atoms with E-state index in [4.69, 9.17) is 9.47 Å². The Bertz CT molecular complexity index is 654. The van der Waals surface area contributed by atoms with Gasteiger partial charge in [0.15, 0.2) is 11.5 Å². The van der Waals surface area contributed by atoms with Gasteiger partial charge in [-0.15, -0.1) is 0 Å². The van der Waals surface area contributed by atoms with Gasteiger partial charge < -0.3 is 14.4 Å². The van der Waals surface area contributed by atoms with Crippen LogP contribution in [0.2, 0.25) is 0 Å². The predicted octanol–water partition coefficient (Wildman–Crippen LogP) is 3.94. The molecule has 1 aliphatic rings. The van der Waals surface area contributed by atoms with Gasteiger partial charge in [-0.2, -0.15) is 0 Å². The number of para-hydroxylation sites is 2. The third-order valence-electron chi connectivity index (χ3n) is 4.50. The van der Waals surface area contributed by atoms with E-state index in [2.05, 4.69) is 43.3 Å². The van der Waals surface area contributed by atoms with Gasteiger partial charge in [0.25, 0.3) is 0 Å². The SMILES string of the molecule is COc1ccccc1O[C@H]1c2ccccc2CC[C@H]1CN(C)C. The highest BCUT2D eigenvalue weighted by molar-refractivity contribution is 5.41. The highest BCUT2D eigenvalue weighted by Gasteiger charge is 2.32. The number of methoxy groups -OCH3 is 1. The van der Waals surface area contributed by atoms with Gasteiger partial charge in [-0.1, -0.05) is 36.4 Å². The molecule has 0 amide bonds. The van der Waals surface area contributed by atoms with Crippen molar-refractivity contribution < 1.29 is 9.47 Å². The van der Waals surface area contributed by atoms with Gasteiger partial charge in [0, 0.05) is 12.5 Å². The number of fused-ring (bicyclic) bond motifs is 1. The topological polar surface area (TPSA) is 21.7 Å². The van der Waals surface area contributed by atoms with Crippen LogP contribution >= 0.6 is 0 Å². The summed E-state index contributed by atoms with van der Waals surface area (Å²) in [7, 11) is 5.94. The minimum absolute atomic E-state index is 0.0682. The van der Waals surface area contributed by atoms with E-state index in [1.165, 1.54) is 11.1 Å². The number of aryl methyl sites for hydroxylation is 1. The molecule has 2 aromatic carbocycles. The lowest BCUT2D eigenvalue weighted by Gasteiger charge is -2.35. The van der Waals surface area contributed by atoms with Crippen LogP contribution in [-0.4, -0.2) is 32.6 Å². The summed E-state index contributed by atoms with van der Waals surface area (Å²) < 4.78 is 11.9. The number of ether oxygens (including phenoxy) is 2. The first kappa shape index (κ1) is 15.9. The van der Waals surface area contributed by atoms with E-state index in [0.717, 1.165) is 30.9 Å². The third kappa shape index (κ3) is 3.50. The van der Waals surface area contributed by atoms with Gasteiger partial charge in [0.2, 0.25) is 0 Å². The molecule has 0 heterocycles. The summed E-state index contributed by atoms with van der Waals surface area (Å²) >= 11 is 0. The summed E-state index contributed by atoms with van der Waals surface area (Å²) in [5.74, 6) is 2.09. The van der Waals surface area contributed by atoms with Crippen molar-refractivity contribution in [1.29, 1.82) is 0 Å². The van der Waals surface area contributed by atoms with E-state index < -0.39 is 0 Å². The van der Waals surface area contributed by atoms with Crippen LogP contribution in [-0.2, 0) is 6.42 Å². The molecule has 0 spiro atoms. The van der Waals surface area contributed by atoms with Gasteiger partial charge >= 0.3 is 0 Å². The van der Waals surface area contributed by atoms with Crippen molar-refractivity contribution in [3.05, 3.63) is 59.7 Å². The standard InChI is InChI=1S/C20H25NO2/c1-21(2)14-16-13-12-15-8-4-5-9-17(15)20(16)23-19-11-7-6-10-18(19)22-3/h4-11,16,20H,12-14H2,1-3H3/t16-,20+/m0/s1. The van der Waals surface area contributed by atoms with Crippen LogP contribution in [0.3, 0.4) is 0 Å². The average Bonchev–Trinajstić information content (AvgIpc) is 2.57. The lowest BCUT2D eigenvalue weighted by atomic mass is 9.81. The Morgan fingerprint density at radius 3 is 2.43 bits per heavy atom. The molecule has 0 unspecified atom stereocenters. The highest BCUT2D eigenvalue weighted by atomic mass is 16.5. The Morgan fingerprint density at radius 2 is 1.70 bits per heavy atom. The minimum atomic E-state index is 0.0682. The number of rotatable bonds is 5. The second-order valence-corrected chi connectivity index (χ2v) is 6.45. The van der Waals surface area contributed by atoms with E-state index in [9.17, 15) is 0 Å². The largest absolute Gasteiger partial charge is 0.493 e. The molecular formula is C20H25NO2. The van der Waals surface area contributed by atoms with Crippen LogP contribution in [0.4, 0.5) is 0 Å². The smallest absolute Gasteiger partial charge is 0.162 e. The molecule has 3 heteroatoms. The van der Waals surface area contributed by atoms with Crippen molar-refractivity contribution in [3.63, 3.8) is 0 Å². The van der Waals surface area contributed by atoms with Gasteiger partial charge in [-0.05, 0) is 50.2 Å². The van der Waals surface area contributed by atoms with E-state index in [1.54, 1.807) is 7.11 Å². The van der Waals surface area contributed by atoms with Crippen LogP contribution in [0.5, 0.6) is 11.5 Å². The average molecular weight is 311 g/mol. The molecule has 122 valence electrons. The molecule has 0 saturated carbocycles. The fourth-order valence-corrected chi connectivity index (χ4v) is 3.45. The molecule has 0 fully saturated rings. The monoisotopic (exact) mass is 311 g/mol. The lowest BCUT2D eigenvalue weighted by molar-refractivity contribution is 0.0956. The maximum Gasteiger partial charge on any atom is 0.162 e. The summed E-state index contributed by atoms with van der Waals surface area (Å²) in [6.07, 6.45) is 2.34. The molecule has 0 bridgehead atoms. The number of hydrogen-bond donors (Lipinski definition) is 0. The van der Waals surface area contributed by atoms with Gasteiger partial charge in [-0.3, -0.25) is 0 Å². The number of nitrogens with zero attached hydrogens (tertiary/aromatic N) is 1. The maximum absolute atomic E-state index is 6.47. The van der Waals surface area contributed by atoms with Crippen molar-refractivity contribution in [3.8, 4) is 11.5 Å². The zero-order valence-electron chi connectivity index (χ0n) is 14.2. The molecule has 1 aliphatic carbocycles. The van der Waals surface area contributed by atoms with Gasteiger partial charge in [0.05, 0.1) is 7.11 Å². The van der Waals surface area contributed by atoms with Crippen LogP contribution in [0.1, 0.15) is 23.7 Å². The van der Waals surface area contributed by atoms with Gasteiger partial charge in [0.1, 0.15) is 6.10 Å². The molecular weight excluding hydrogens is 286 g/mol. The highest BCUT2D eigenvalue weighted by Crippen LogP contribution is 2.40. The summed E-state index contributed by atoms with van der Waals surface area (Å²) in [6, 6.07) is 16.6. The zero-order chi connectivity index (χ0) is 16.2. The first-order valence-electron chi connectivity index (χ1n) is 8.21. The molecule has 2 aromatic rings. The van der Waals surface area contributed by atoms with Crippen molar-refractivity contribution in [1.82, 2.24) is 4.90 Å². The summed E-state index contributed by atoms with van der Waals surface area (Å²) in [5.41, 5.74) is 2.72.